The van der Waals surface area contributed by atoms with E-state index in [4.69, 9.17) is 0 Å². The second-order valence-electron chi connectivity index (χ2n) is 4.41. The highest BCUT2D eigenvalue weighted by Gasteiger charge is 2.25. The van der Waals surface area contributed by atoms with Crippen LogP contribution >= 0.6 is 0 Å². The molecule has 3 nitrogen and oxygen atoms in total. The quantitative estimate of drug-likeness (QED) is 0.766. The Hall–Kier alpha value is -1.58. The van der Waals surface area contributed by atoms with Crippen molar-refractivity contribution in [2.24, 2.45) is 11.8 Å². The lowest BCUT2D eigenvalue weighted by atomic mass is 9.95. The van der Waals surface area contributed by atoms with Crippen molar-refractivity contribution in [1.29, 1.82) is 0 Å². The number of nitrogens with one attached hydrogen (secondary N) is 2. The largest absolute Gasteiger partial charge is 0.382 e. The number of anilines is 2. The highest BCUT2D eigenvalue weighted by Crippen LogP contribution is 2.27. The number of carbonyl (C=O) groups is 1. The molecule has 2 rings (SSSR count). The molecular formula is C12H15FN2O. The lowest BCUT2D eigenvalue weighted by Gasteiger charge is -2.16. The van der Waals surface area contributed by atoms with Gasteiger partial charge in [0.25, 0.3) is 0 Å². The van der Waals surface area contributed by atoms with Crippen LogP contribution in [0.2, 0.25) is 0 Å². The van der Waals surface area contributed by atoms with Crippen molar-refractivity contribution in [3.63, 3.8) is 0 Å². The van der Waals surface area contributed by atoms with Crippen LogP contribution in [0.15, 0.2) is 18.2 Å². The minimum atomic E-state index is -0.302. The van der Waals surface area contributed by atoms with E-state index < -0.39 is 0 Å². The van der Waals surface area contributed by atoms with E-state index in [1.54, 1.807) is 6.07 Å². The van der Waals surface area contributed by atoms with Crippen molar-refractivity contribution >= 4 is 17.3 Å². The standard InChI is InChI=1S/C12H15FN2O/c1-7(2)9-6-14-11-5-8(13)3-4-10(11)15-12(9)16/h3-5,7,9,14H,6H2,1-2H3,(H,15,16). The van der Waals surface area contributed by atoms with Crippen LogP contribution in [0.5, 0.6) is 0 Å². The molecule has 0 fully saturated rings. The first kappa shape index (κ1) is 10.9. The van der Waals surface area contributed by atoms with Gasteiger partial charge in [-0.25, -0.2) is 4.39 Å². The van der Waals surface area contributed by atoms with Crippen molar-refractivity contribution in [1.82, 2.24) is 0 Å². The van der Waals surface area contributed by atoms with E-state index in [1.807, 2.05) is 13.8 Å². The van der Waals surface area contributed by atoms with Crippen LogP contribution in [0, 0.1) is 17.7 Å². The summed E-state index contributed by atoms with van der Waals surface area (Å²) >= 11 is 0. The lowest BCUT2D eigenvalue weighted by Crippen LogP contribution is -2.29. The number of hydrogen-bond donors (Lipinski definition) is 2. The highest BCUT2D eigenvalue weighted by atomic mass is 19.1. The second kappa shape index (κ2) is 4.12. The third-order valence-electron chi connectivity index (χ3n) is 2.89. The second-order valence-corrected chi connectivity index (χ2v) is 4.41. The molecule has 0 bridgehead atoms. The van der Waals surface area contributed by atoms with Gasteiger partial charge in [-0.2, -0.15) is 0 Å². The fourth-order valence-corrected chi connectivity index (χ4v) is 1.85. The molecule has 0 spiro atoms. The minimum Gasteiger partial charge on any atom is -0.382 e. The van der Waals surface area contributed by atoms with Crippen molar-refractivity contribution < 1.29 is 9.18 Å². The summed E-state index contributed by atoms with van der Waals surface area (Å²) < 4.78 is 13.0. The molecule has 0 saturated heterocycles. The van der Waals surface area contributed by atoms with Crippen LogP contribution in [0.25, 0.3) is 0 Å². The summed E-state index contributed by atoms with van der Waals surface area (Å²) in [5, 5.41) is 5.92. The fourth-order valence-electron chi connectivity index (χ4n) is 1.85. The SMILES string of the molecule is CC(C)C1CNc2cc(F)ccc2NC1=O. The Kier molecular flexibility index (Phi) is 2.81. The lowest BCUT2D eigenvalue weighted by molar-refractivity contribution is -0.120. The summed E-state index contributed by atoms with van der Waals surface area (Å²) in [7, 11) is 0. The Morgan fingerprint density at radius 3 is 2.81 bits per heavy atom. The van der Waals surface area contributed by atoms with Crippen molar-refractivity contribution in [2.75, 3.05) is 17.2 Å². The first-order chi connectivity index (χ1) is 7.58. The third kappa shape index (κ3) is 2.01. The minimum absolute atomic E-state index is 0.00661. The van der Waals surface area contributed by atoms with Gasteiger partial charge in [-0.1, -0.05) is 13.8 Å². The Morgan fingerprint density at radius 2 is 2.12 bits per heavy atom. The Bertz CT molecular complexity index is 417. The van der Waals surface area contributed by atoms with Gasteiger partial charge in [-0.15, -0.1) is 0 Å². The first-order valence-electron chi connectivity index (χ1n) is 5.42. The average molecular weight is 222 g/mol. The van der Waals surface area contributed by atoms with Crippen LogP contribution in [0.4, 0.5) is 15.8 Å². The molecule has 4 heteroatoms. The molecule has 1 aromatic rings. The van der Waals surface area contributed by atoms with Crippen LogP contribution in [-0.4, -0.2) is 12.5 Å². The molecule has 0 saturated carbocycles. The Balaban J connectivity index is 2.29. The maximum absolute atomic E-state index is 13.0. The number of carbonyl (C=O) groups excluding carboxylic acids is 1. The number of fused-ring (bicyclic) bond motifs is 1. The van der Waals surface area contributed by atoms with Gasteiger partial charge in [-0.05, 0) is 24.1 Å². The predicted molar refractivity (Wildman–Crippen MR) is 61.8 cm³/mol. The molecule has 1 heterocycles. The van der Waals surface area contributed by atoms with Crippen LogP contribution < -0.4 is 10.6 Å². The summed E-state index contributed by atoms with van der Waals surface area (Å²) in [6.07, 6.45) is 0. The summed E-state index contributed by atoms with van der Waals surface area (Å²) in [5.41, 5.74) is 1.30. The maximum Gasteiger partial charge on any atom is 0.229 e. The molecular weight excluding hydrogens is 207 g/mol. The fraction of sp³-hybridized carbons (Fsp3) is 0.417. The van der Waals surface area contributed by atoms with E-state index in [9.17, 15) is 9.18 Å². The smallest absolute Gasteiger partial charge is 0.229 e. The molecule has 0 radical (unpaired) electrons. The van der Waals surface area contributed by atoms with Crippen LogP contribution in [0.1, 0.15) is 13.8 Å². The summed E-state index contributed by atoms with van der Waals surface area (Å²) in [6, 6.07) is 4.33. The molecule has 0 aliphatic carbocycles. The number of amides is 1. The first-order valence-corrected chi connectivity index (χ1v) is 5.42. The maximum atomic E-state index is 13.0. The zero-order valence-corrected chi connectivity index (χ0v) is 9.38. The van der Waals surface area contributed by atoms with Gasteiger partial charge in [0.2, 0.25) is 5.91 Å². The van der Waals surface area contributed by atoms with Gasteiger partial charge in [-0.3, -0.25) is 4.79 Å². The van der Waals surface area contributed by atoms with E-state index in [0.29, 0.717) is 17.9 Å². The molecule has 1 amide bonds. The third-order valence-corrected chi connectivity index (χ3v) is 2.89. The molecule has 1 aliphatic rings. The van der Waals surface area contributed by atoms with Crippen LogP contribution in [0.3, 0.4) is 0 Å². The number of halogens is 1. The summed E-state index contributed by atoms with van der Waals surface area (Å²) in [5.74, 6) is -0.140. The number of benzene rings is 1. The van der Waals surface area contributed by atoms with E-state index in [-0.39, 0.29) is 23.6 Å². The van der Waals surface area contributed by atoms with Gasteiger partial charge < -0.3 is 10.6 Å². The van der Waals surface area contributed by atoms with E-state index in [1.165, 1.54) is 12.1 Å². The van der Waals surface area contributed by atoms with E-state index >= 15 is 0 Å². The molecule has 1 atom stereocenters. The normalized spacial score (nSPS) is 19.8. The Morgan fingerprint density at radius 1 is 1.38 bits per heavy atom. The van der Waals surface area contributed by atoms with Crippen LogP contribution in [-0.2, 0) is 4.79 Å². The van der Waals surface area contributed by atoms with Gasteiger partial charge in [0.15, 0.2) is 0 Å². The number of rotatable bonds is 1. The number of hydrogen-bond acceptors (Lipinski definition) is 2. The molecule has 1 unspecified atom stereocenters. The van der Waals surface area contributed by atoms with E-state index in [0.717, 1.165) is 0 Å². The Labute approximate surface area is 94.0 Å². The molecule has 1 aromatic carbocycles. The summed E-state index contributed by atoms with van der Waals surface area (Å²) in [4.78, 5) is 11.9. The molecule has 2 N–H and O–H groups in total. The van der Waals surface area contributed by atoms with Gasteiger partial charge in [0.1, 0.15) is 5.82 Å². The van der Waals surface area contributed by atoms with Gasteiger partial charge >= 0.3 is 0 Å². The van der Waals surface area contributed by atoms with Crippen molar-refractivity contribution in [3.05, 3.63) is 24.0 Å². The zero-order chi connectivity index (χ0) is 11.7. The predicted octanol–water partition coefficient (Wildman–Crippen LogP) is 2.46. The monoisotopic (exact) mass is 222 g/mol. The molecule has 1 aliphatic heterocycles. The molecule has 16 heavy (non-hydrogen) atoms. The van der Waals surface area contributed by atoms with Gasteiger partial charge in [0.05, 0.1) is 17.3 Å². The summed E-state index contributed by atoms with van der Waals surface area (Å²) in [6.45, 7) is 4.55. The highest BCUT2D eigenvalue weighted by molar-refractivity contribution is 5.97. The zero-order valence-electron chi connectivity index (χ0n) is 9.38. The van der Waals surface area contributed by atoms with E-state index in [2.05, 4.69) is 10.6 Å². The molecule has 86 valence electrons. The molecule has 0 aromatic heterocycles. The van der Waals surface area contributed by atoms with Crippen molar-refractivity contribution in [3.8, 4) is 0 Å². The van der Waals surface area contributed by atoms with Gasteiger partial charge in [0, 0.05) is 6.54 Å². The average Bonchev–Trinajstić information content (AvgIpc) is 2.36. The van der Waals surface area contributed by atoms with Crippen molar-refractivity contribution in [2.45, 2.75) is 13.8 Å². The topological polar surface area (TPSA) is 41.1 Å².